The molecule has 0 aromatic heterocycles. The van der Waals surface area contributed by atoms with Crippen molar-refractivity contribution >= 4 is 5.69 Å². The molecule has 5 nitrogen and oxygen atoms in total. The lowest BCUT2D eigenvalue weighted by atomic mass is 10.1. The number of piperazine rings is 1. The fourth-order valence-electron chi connectivity index (χ4n) is 2.05. The molecule has 2 rings (SSSR count). The van der Waals surface area contributed by atoms with E-state index in [-0.39, 0.29) is 10.6 Å². The smallest absolute Gasteiger partial charge is 0.269 e. The lowest BCUT2D eigenvalue weighted by Gasteiger charge is -2.27. The Kier molecular flexibility index (Phi) is 3.71. The Morgan fingerprint density at radius 1 is 1.41 bits per heavy atom. The molecular formula is C12H17N3O2. The summed E-state index contributed by atoms with van der Waals surface area (Å²) in [6, 6.07) is 5.09. The van der Waals surface area contributed by atoms with Gasteiger partial charge in [0.2, 0.25) is 0 Å². The molecule has 1 saturated heterocycles. The zero-order chi connectivity index (χ0) is 12.3. The van der Waals surface area contributed by atoms with Gasteiger partial charge >= 0.3 is 0 Å². The summed E-state index contributed by atoms with van der Waals surface area (Å²) in [5.74, 6) is 0. The molecule has 0 amide bonds. The summed E-state index contributed by atoms with van der Waals surface area (Å²) in [5.41, 5.74) is 2.36. The van der Waals surface area contributed by atoms with E-state index in [1.807, 2.05) is 13.0 Å². The maximum atomic E-state index is 10.7. The van der Waals surface area contributed by atoms with Crippen LogP contribution in [-0.2, 0) is 6.54 Å². The highest BCUT2D eigenvalue weighted by Crippen LogP contribution is 2.19. The first kappa shape index (κ1) is 12.0. The van der Waals surface area contributed by atoms with Crippen molar-refractivity contribution in [3.05, 3.63) is 39.4 Å². The fourth-order valence-corrected chi connectivity index (χ4v) is 2.05. The monoisotopic (exact) mass is 235 g/mol. The van der Waals surface area contributed by atoms with E-state index in [2.05, 4.69) is 10.2 Å². The predicted molar refractivity (Wildman–Crippen MR) is 66.0 cm³/mol. The van der Waals surface area contributed by atoms with Gasteiger partial charge in [-0.2, -0.15) is 0 Å². The second kappa shape index (κ2) is 5.25. The van der Waals surface area contributed by atoms with Gasteiger partial charge < -0.3 is 5.32 Å². The first-order valence-electron chi connectivity index (χ1n) is 5.84. The van der Waals surface area contributed by atoms with E-state index < -0.39 is 0 Å². The van der Waals surface area contributed by atoms with Crippen molar-refractivity contribution in [3.63, 3.8) is 0 Å². The molecule has 0 saturated carbocycles. The minimum atomic E-state index is -0.333. The predicted octanol–water partition coefficient (Wildman–Crippen LogP) is 1.31. The normalized spacial score (nSPS) is 17.0. The highest BCUT2D eigenvalue weighted by Gasteiger charge is 2.13. The Balaban J connectivity index is 2.13. The molecule has 1 aromatic rings. The van der Waals surface area contributed by atoms with Gasteiger partial charge in [0.15, 0.2) is 0 Å². The van der Waals surface area contributed by atoms with Crippen molar-refractivity contribution in [1.29, 1.82) is 0 Å². The number of nitrogens with zero attached hydrogens (tertiary/aromatic N) is 2. The third kappa shape index (κ3) is 3.01. The minimum Gasteiger partial charge on any atom is -0.314 e. The van der Waals surface area contributed by atoms with Crippen LogP contribution in [0.2, 0.25) is 0 Å². The van der Waals surface area contributed by atoms with Crippen molar-refractivity contribution in [1.82, 2.24) is 10.2 Å². The SMILES string of the molecule is Cc1ccc([N+](=O)[O-])cc1CN1CCNCC1. The maximum Gasteiger partial charge on any atom is 0.269 e. The highest BCUT2D eigenvalue weighted by molar-refractivity contribution is 5.39. The molecule has 0 bridgehead atoms. The van der Waals surface area contributed by atoms with Gasteiger partial charge in [-0.15, -0.1) is 0 Å². The summed E-state index contributed by atoms with van der Waals surface area (Å²) < 4.78 is 0. The van der Waals surface area contributed by atoms with E-state index in [0.29, 0.717) is 0 Å². The summed E-state index contributed by atoms with van der Waals surface area (Å²) >= 11 is 0. The number of nitrogens with one attached hydrogen (secondary N) is 1. The van der Waals surface area contributed by atoms with Crippen LogP contribution >= 0.6 is 0 Å². The third-order valence-electron chi connectivity index (χ3n) is 3.15. The molecule has 92 valence electrons. The second-order valence-corrected chi connectivity index (χ2v) is 4.39. The molecular weight excluding hydrogens is 218 g/mol. The average molecular weight is 235 g/mol. The summed E-state index contributed by atoms with van der Waals surface area (Å²) in [5, 5.41) is 14.0. The van der Waals surface area contributed by atoms with Crippen LogP contribution in [0.15, 0.2) is 18.2 Å². The topological polar surface area (TPSA) is 58.4 Å². The van der Waals surface area contributed by atoms with Gasteiger partial charge in [0, 0.05) is 44.9 Å². The Labute approximate surface area is 101 Å². The number of hydrogen-bond acceptors (Lipinski definition) is 4. The Bertz CT molecular complexity index is 414. The Hall–Kier alpha value is -1.46. The summed E-state index contributed by atoms with van der Waals surface area (Å²) in [6.07, 6.45) is 0. The molecule has 1 fully saturated rings. The van der Waals surface area contributed by atoms with Crippen molar-refractivity contribution in [2.75, 3.05) is 26.2 Å². The second-order valence-electron chi connectivity index (χ2n) is 4.39. The molecule has 1 aromatic carbocycles. The van der Waals surface area contributed by atoms with Crippen molar-refractivity contribution in [3.8, 4) is 0 Å². The molecule has 0 atom stereocenters. The number of benzene rings is 1. The number of non-ortho nitro benzene ring substituents is 1. The van der Waals surface area contributed by atoms with Gasteiger partial charge in [0.1, 0.15) is 0 Å². The highest BCUT2D eigenvalue weighted by atomic mass is 16.6. The number of hydrogen-bond donors (Lipinski definition) is 1. The van der Waals surface area contributed by atoms with Crippen LogP contribution in [0.5, 0.6) is 0 Å². The Morgan fingerprint density at radius 2 is 2.12 bits per heavy atom. The largest absolute Gasteiger partial charge is 0.314 e. The van der Waals surface area contributed by atoms with Crippen LogP contribution in [-0.4, -0.2) is 36.0 Å². The lowest BCUT2D eigenvalue weighted by molar-refractivity contribution is -0.384. The quantitative estimate of drug-likeness (QED) is 0.634. The maximum absolute atomic E-state index is 10.7. The van der Waals surface area contributed by atoms with Gasteiger partial charge in [-0.25, -0.2) is 0 Å². The first-order valence-corrected chi connectivity index (χ1v) is 5.84. The number of nitro groups is 1. The molecule has 1 N–H and O–H groups in total. The van der Waals surface area contributed by atoms with Crippen molar-refractivity contribution in [2.24, 2.45) is 0 Å². The summed E-state index contributed by atoms with van der Waals surface area (Å²) in [6.45, 7) is 6.79. The summed E-state index contributed by atoms with van der Waals surface area (Å²) in [7, 11) is 0. The third-order valence-corrected chi connectivity index (χ3v) is 3.15. The van der Waals surface area contributed by atoms with E-state index >= 15 is 0 Å². The van der Waals surface area contributed by atoms with E-state index in [1.54, 1.807) is 12.1 Å². The number of aryl methyl sites for hydroxylation is 1. The van der Waals surface area contributed by atoms with Gasteiger partial charge in [-0.3, -0.25) is 15.0 Å². The molecule has 0 spiro atoms. The van der Waals surface area contributed by atoms with Crippen LogP contribution in [0.25, 0.3) is 0 Å². The van der Waals surface area contributed by atoms with Crippen LogP contribution in [0.3, 0.4) is 0 Å². The number of rotatable bonds is 3. The molecule has 0 aliphatic carbocycles. The fraction of sp³-hybridized carbons (Fsp3) is 0.500. The van der Waals surface area contributed by atoms with Gasteiger partial charge in [0.25, 0.3) is 5.69 Å². The van der Waals surface area contributed by atoms with E-state index in [9.17, 15) is 10.1 Å². The molecule has 0 unspecified atom stereocenters. The zero-order valence-corrected chi connectivity index (χ0v) is 9.98. The van der Waals surface area contributed by atoms with E-state index in [1.165, 1.54) is 0 Å². The molecule has 17 heavy (non-hydrogen) atoms. The number of nitro benzene ring substituents is 1. The molecule has 1 heterocycles. The van der Waals surface area contributed by atoms with Crippen LogP contribution in [0.1, 0.15) is 11.1 Å². The van der Waals surface area contributed by atoms with Crippen LogP contribution in [0, 0.1) is 17.0 Å². The Morgan fingerprint density at radius 3 is 2.76 bits per heavy atom. The molecule has 5 heteroatoms. The van der Waals surface area contributed by atoms with Crippen LogP contribution < -0.4 is 5.32 Å². The van der Waals surface area contributed by atoms with E-state index in [0.717, 1.165) is 43.9 Å². The van der Waals surface area contributed by atoms with Crippen LogP contribution in [0.4, 0.5) is 5.69 Å². The van der Waals surface area contributed by atoms with Gasteiger partial charge in [-0.05, 0) is 18.1 Å². The molecule has 1 aliphatic heterocycles. The molecule has 0 radical (unpaired) electrons. The summed E-state index contributed by atoms with van der Waals surface area (Å²) in [4.78, 5) is 12.7. The minimum absolute atomic E-state index is 0.181. The lowest BCUT2D eigenvalue weighted by Crippen LogP contribution is -2.43. The standard InChI is InChI=1S/C12H17N3O2/c1-10-2-3-12(15(16)17)8-11(10)9-14-6-4-13-5-7-14/h2-3,8,13H,4-7,9H2,1H3. The first-order chi connectivity index (χ1) is 8.16. The average Bonchev–Trinajstić information content (AvgIpc) is 2.33. The van der Waals surface area contributed by atoms with E-state index in [4.69, 9.17) is 0 Å². The van der Waals surface area contributed by atoms with Gasteiger partial charge in [0.05, 0.1) is 4.92 Å². The van der Waals surface area contributed by atoms with Crippen molar-refractivity contribution < 1.29 is 4.92 Å². The molecule has 1 aliphatic rings. The van der Waals surface area contributed by atoms with Crippen molar-refractivity contribution in [2.45, 2.75) is 13.5 Å². The van der Waals surface area contributed by atoms with Gasteiger partial charge in [-0.1, -0.05) is 6.07 Å². The zero-order valence-electron chi connectivity index (χ0n) is 9.98.